The molecule has 1 fully saturated rings. The van der Waals surface area contributed by atoms with Crippen LogP contribution in [0, 0.1) is 12.8 Å². The first-order valence-electron chi connectivity index (χ1n) is 9.43. The first-order valence-corrected chi connectivity index (χ1v) is 9.81. The van der Waals surface area contributed by atoms with Crippen molar-refractivity contribution in [2.45, 2.75) is 32.6 Å². The van der Waals surface area contributed by atoms with Gasteiger partial charge in [-0.2, -0.15) is 0 Å². The summed E-state index contributed by atoms with van der Waals surface area (Å²) in [5, 5.41) is 3.62. The van der Waals surface area contributed by atoms with Gasteiger partial charge in [-0.3, -0.25) is 9.59 Å². The summed E-state index contributed by atoms with van der Waals surface area (Å²) in [7, 11) is 0. The van der Waals surface area contributed by atoms with E-state index in [0.29, 0.717) is 18.1 Å². The van der Waals surface area contributed by atoms with E-state index in [4.69, 9.17) is 11.6 Å². The van der Waals surface area contributed by atoms with Gasteiger partial charge < -0.3 is 10.2 Å². The second-order valence-electron chi connectivity index (χ2n) is 7.02. The van der Waals surface area contributed by atoms with Gasteiger partial charge in [-0.05, 0) is 49.4 Å². The number of hydrogen-bond acceptors (Lipinski definition) is 2. The minimum Gasteiger partial charge on any atom is -0.356 e. The molecule has 2 amide bonds. The van der Waals surface area contributed by atoms with Crippen LogP contribution in [0.1, 0.15) is 30.4 Å². The van der Waals surface area contributed by atoms with Gasteiger partial charge in [0, 0.05) is 30.2 Å². The molecule has 1 heterocycles. The summed E-state index contributed by atoms with van der Waals surface area (Å²) in [5.41, 5.74) is 2.98. The Morgan fingerprint density at radius 1 is 1.15 bits per heavy atom. The predicted molar refractivity (Wildman–Crippen MR) is 109 cm³/mol. The number of carbonyl (C=O) groups is 2. The van der Waals surface area contributed by atoms with Crippen LogP contribution in [0.2, 0.25) is 5.02 Å². The van der Waals surface area contributed by atoms with Crippen LogP contribution in [-0.2, 0) is 16.0 Å². The van der Waals surface area contributed by atoms with E-state index >= 15 is 0 Å². The molecule has 0 aromatic heterocycles. The van der Waals surface area contributed by atoms with E-state index in [-0.39, 0.29) is 24.2 Å². The van der Waals surface area contributed by atoms with Crippen molar-refractivity contribution in [2.75, 3.05) is 18.0 Å². The summed E-state index contributed by atoms with van der Waals surface area (Å²) < 4.78 is 0. The Hall–Kier alpha value is -2.33. The lowest BCUT2D eigenvalue weighted by Crippen LogP contribution is -2.33. The Morgan fingerprint density at radius 3 is 2.70 bits per heavy atom. The van der Waals surface area contributed by atoms with E-state index in [1.54, 1.807) is 11.0 Å². The molecule has 0 aliphatic carbocycles. The van der Waals surface area contributed by atoms with E-state index in [1.165, 1.54) is 5.56 Å². The Morgan fingerprint density at radius 2 is 1.93 bits per heavy atom. The van der Waals surface area contributed by atoms with Crippen molar-refractivity contribution in [3.63, 3.8) is 0 Å². The molecule has 0 radical (unpaired) electrons. The van der Waals surface area contributed by atoms with E-state index in [2.05, 4.69) is 17.4 Å². The van der Waals surface area contributed by atoms with Gasteiger partial charge in [0.05, 0.1) is 5.92 Å². The average molecular weight is 385 g/mol. The largest absolute Gasteiger partial charge is 0.356 e. The lowest BCUT2D eigenvalue weighted by Gasteiger charge is -2.19. The number of rotatable bonds is 7. The third-order valence-electron chi connectivity index (χ3n) is 5.06. The zero-order chi connectivity index (χ0) is 19.2. The second-order valence-corrected chi connectivity index (χ2v) is 7.43. The zero-order valence-electron chi connectivity index (χ0n) is 15.6. The molecular weight excluding hydrogens is 360 g/mol. The van der Waals surface area contributed by atoms with Crippen LogP contribution in [0.3, 0.4) is 0 Å². The van der Waals surface area contributed by atoms with Crippen molar-refractivity contribution in [3.8, 4) is 0 Å². The number of halogens is 1. The van der Waals surface area contributed by atoms with Crippen LogP contribution in [0.5, 0.6) is 0 Å². The van der Waals surface area contributed by atoms with Crippen LogP contribution in [0.4, 0.5) is 5.69 Å². The van der Waals surface area contributed by atoms with Gasteiger partial charge in [-0.15, -0.1) is 0 Å². The fraction of sp³-hybridized carbons (Fsp3) is 0.364. The van der Waals surface area contributed by atoms with Gasteiger partial charge in [0.2, 0.25) is 11.8 Å². The van der Waals surface area contributed by atoms with Crippen LogP contribution in [0.15, 0.2) is 48.5 Å². The summed E-state index contributed by atoms with van der Waals surface area (Å²) >= 11 is 6.16. The number of hydrogen-bond donors (Lipinski definition) is 1. The molecular formula is C22H25ClN2O2. The van der Waals surface area contributed by atoms with Crippen molar-refractivity contribution < 1.29 is 9.59 Å². The first kappa shape index (κ1) is 19.4. The molecule has 1 atom stereocenters. The molecule has 0 unspecified atom stereocenters. The van der Waals surface area contributed by atoms with Crippen LogP contribution in [0.25, 0.3) is 0 Å². The SMILES string of the molecule is Cc1c(Cl)cccc1N1C[C@@H](C(=O)NCCCCc2ccccc2)CC1=O. The van der Waals surface area contributed by atoms with Gasteiger partial charge in [0.15, 0.2) is 0 Å². The van der Waals surface area contributed by atoms with Gasteiger partial charge in [-0.25, -0.2) is 0 Å². The minimum atomic E-state index is -0.301. The number of amides is 2. The number of anilines is 1. The summed E-state index contributed by atoms with van der Waals surface area (Å²) in [6.45, 7) is 2.95. The van der Waals surface area contributed by atoms with Crippen molar-refractivity contribution in [1.82, 2.24) is 5.32 Å². The fourth-order valence-corrected chi connectivity index (χ4v) is 3.63. The van der Waals surface area contributed by atoms with Crippen LogP contribution >= 0.6 is 11.6 Å². The van der Waals surface area contributed by atoms with E-state index < -0.39 is 0 Å². The molecule has 0 saturated carbocycles. The van der Waals surface area contributed by atoms with E-state index in [1.807, 2.05) is 37.3 Å². The summed E-state index contributed by atoms with van der Waals surface area (Å²) in [6.07, 6.45) is 3.22. The lowest BCUT2D eigenvalue weighted by atomic mass is 10.1. The minimum absolute atomic E-state index is 0.0235. The molecule has 27 heavy (non-hydrogen) atoms. The van der Waals surface area contributed by atoms with Gasteiger partial charge in [0.25, 0.3) is 0 Å². The van der Waals surface area contributed by atoms with Crippen LogP contribution in [-0.4, -0.2) is 24.9 Å². The first-order chi connectivity index (χ1) is 13.1. The Bertz CT molecular complexity index is 807. The smallest absolute Gasteiger partial charge is 0.227 e. The van der Waals surface area contributed by atoms with Crippen molar-refractivity contribution in [1.29, 1.82) is 0 Å². The van der Waals surface area contributed by atoms with Crippen molar-refractivity contribution >= 4 is 29.1 Å². The quantitative estimate of drug-likeness (QED) is 0.729. The highest BCUT2D eigenvalue weighted by molar-refractivity contribution is 6.31. The van der Waals surface area contributed by atoms with Crippen molar-refractivity contribution in [3.05, 3.63) is 64.7 Å². The molecule has 0 bridgehead atoms. The predicted octanol–water partition coefficient (Wildman–Crippen LogP) is 4.14. The molecule has 4 nitrogen and oxygen atoms in total. The number of nitrogens with zero attached hydrogens (tertiary/aromatic N) is 1. The summed E-state index contributed by atoms with van der Waals surface area (Å²) in [5.74, 6) is -0.361. The molecule has 2 aromatic carbocycles. The highest BCUT2D eigenvalue weighted by Gasteiger charge is 2.35. The molecule has 1 saturated heterocycles. The maximum atomic E-state index is 12.4. The Labute approximate surface area is 165 Å². The Kier molecular flexibility index (Phi) is 6.51. The molecule has 1 N–H and O–H groups in total. The van der Waals surface area contributed by atoms with E-state index in [0.717, 1.165) is 30.5 Å². The number of aryl methyl sites for hydroxylation is 1. The highest BCUT2D eigenvalue weighted by Crippen LogP contribution is 2.31. The van der Waals surface area contributed by atoms with Crippen molar-refractivity contribution in [2.24, 2.45) is 5.92 Å². The van der Waals surface area contributed by atoms with Gasteiger partial charge in [0.1, 0.15) is 0 Å². The van der Waals surface area contributed by atoms with Gasteiger partial charge in [-0.1, -0.05) is 48.0 Å². The number of nitrogens with one attached hydrogen (secondary N) is 1. The molecule has 5 heteroatoms. The molecule has 1 aliphatic heterocycles. The van der Waals surface area contributed by atoms with Crippen LogP contribution < -0.4 is 10.2 Å². The third kappa shape index (κ3) is 4.89. The third-order valence-corrected chi connectivity index (χ3v) is 5.47. The summed E-state index contributed by atoms with van der Waals surface area (Å²) in [4.78, 5) is 26.5. The number of benzene rings is 2. The molecule has 3 rings (SSSR count). The van der Waals surface area contributed by atoms with E-state index in [9.17, 15) is 9.59 Å². The number of carbonyl (C=O) groups excluding carboxylic acids is 2. The Balaban J connectivity index is 1.45. The monoisotopic (exact) mass is 384 g/mol. The molecule has 1 aliphatic rings. The normalized spacial score (nSPS) is 16.6. The average Bonchev–Trinajstić information content (AvgIpc) is 3.06. The molecule has 2 aromatic rings. The standard InChI is InChI=1S/C22H25ClN2O2/c1-16-19(23)11-7-12-20(16)25-15-18(14-21(25)26)22(27)24-13-6-5-10-17-8-3-2-4-9-17/h2-4,7-9,11-12,18H,5-6,10,13-15H2,1H3,(H,24,27)/t18-/m0/s1. The maximum absolute atomic E-state index is 12.4. The lowest BCUT2D eigenvalue weighted by molar-refractivity contribution is -0.126. The van der Waals surface area contributed by atoms with Gasteiger partial charge >= 0.3 is 0 Å². The molecule has 142 valence electrons. The maximum Gasteiger partial charge on any atom is 0.227 e. The second kappa shape index (κ2) is 9.05. The summed E-state index contributed by atoms with van der Waals surface area (Å²) in [6, 6.07) is 15.9. The fourth-order valence-electron chi connectivity index (χ4n) is 3.46. The topological polar surface area (TPSA) is 49.4 Å². The number of unbranched alkanes of at least 4 members (excludes halogenated alkanes) is 1. The molecule has 0 spiro atoms. The highest BCUT2D eigenvalue weighted by atomic mass is 35.5. The zero-order valence-corrected chi connectivity index (χ0v) is 16.3.